The number of aryl methyl sites for hydroxylation is 1. The fraction of sp³-hybridized carbons (Fsp3) is 0.250. The van der Waals surface area contributed by atoms with Gasteiger partial charge in [0, 0.05) is 18.0 Å². The number of hydrogen-bond donors (Lipinski definition) is 1. The highest BCUT2D eigenvalue weighted by molar-refractivity contribution is 5.84. The molecule has 0 bridgehead atoms. The van der Waals surface area contributed by atoms with Gasteiger partial charge in [-0.05, 0) is 13.8 Å². The third-order valence-corrected chi connectivity index (χ3v) is 2.94. The van der Waals surface area contributed by atoms with E-state index in [2.05, 4.69) is 9.97 Å². The summed E-state index contributed by atoms with van der Waals surface area (Å²) in [4.78, 5) is 29.2. The summed E-state index contributed by atoms with van der Waals surface area (Å²) in [5, 5.41) is 19.8. The van der Waals surface area contributed by atoms with Crippen LogP contribution in [0.15, 0.2) is 18.7 Å². The fourth-order valence-electron chi connectivity index (χ4n) is 1.94. The number of carboxylic acid groups (broad SMARTS) is 1. The summed E-state index contributed by atoms with van der Waals surface area (Å²) in [5.41, 5.74) is 1.43. The molecule has 0 saturated carbocycles. The van der Waals surface area contributed by atoms with Gasteiger partial charge in [0.2, 0.25) is 0 Å². The molecule has 2 aromatic heterocycles. The minimum Gasteiger partial charge on any atom is -0.476 e. The van der Waals surface area contributed by atoms with Gasteiger partial charge in [-0.1, -0.05) is 0 Å². The molecule has 8 heteroatoms. The van der Waals surface area contributed by atoms with E-state index < -0.39 is 10.9 Å². The van der Waals surface area contributed by atoms with Crippen molar-refractivity contribution < 1.29 is 14.8 Å². The lowest BCUT2D eigenvalue weighted by molar-refractivity contribution is -0.386. The summed E-state index contributed by atoms with van der Waals surface area (Å²) in [5.74, 6) is -1.12. The largest absolute Gasteiger partial charge is 0.476 e. The first-order valence-corrected chi connectivity index (χ1v) is 5.74. The predicted octanol–water partition coefficient (Wildman–Crippen LogP) is 1.55. The Balaban J connectivity index is 2.36. The number of nitro groups is 1. The van der Waals surface area contributed by atoms with Crippen LogP contribution in [0.1, 0.15) is 27.3 Å². The van der Waals surface area contributed by atoms with Gasteiger partial charge in [-0.2, -0.15) is 0 Å². The van der Waals surface area contributed by atoms with Crippen LogP contribution in [-0.4, -0.2) is 30.5 Å². The molecule has 0 aromatic carbocycles. The average Bonchev–Trinajstić information content (AvgIpc) is 2.81. The van der Waals surface area contributed by atoms with E-state index in [0.717, 1.165) is 0 Å². The summed E-state index contributed by atoms with van der Waals surface area (Å²) in [7, 11) is 0. The van der Waals surface area contributed by atoms with E-state index in [1.807, 2.05) is 0 Å². The molecule has 2 rings (SSSR count). The number of nitrogens with zero attached hydrogens (tertiary/aromatic N) is 4. The van der Waals surface area contributed by atoms with Crippen molar-refractivity contribution in [1.29, 1.82) is 0 Å². The topological polar surface area (TPSA) is 111 Å². The Morgan fingerprint density at radius 1 is 1.45 bits per heavy atom. The molecule has 0 saturated heterocycles. The molecular weight excluding hydrogens is 264 g/mol. The number of aromatic carboxylic acids is 1. The number of hydrogen-bond acceptors (Lipinski definition) is 5. The summed E-state index contributed by atoms with van der Waals surface area (Å²) in [6.07, 6.45) is 4.15. The molecule has 104 valence electrons. The van der Waals surface area contributed by atoms with E-state index in [1.165, 1.54) is 23.3 Å². The zero-order valence-electron chi connectivity index (χ0n) is 10.9. The van der Waals surface area contributed by atoms with Crippen molar-refractivity contribution in [3.8, 4) is 0 Å². The van der Waals surface area contributed by atoms with Crippen LogP contribution in [0.4, 0.5) is 5.69 Å². The smallest absolute Gasteiger partial charge is 0.356 e. The van der Waals surface area contributed by atoms with Crippen LogP contribution in [0, 0.1) is 24.0 Å². The van der Waals surface area contributed by atoms with Crippen LogP contribution in [0.3, 0.4) is 0 Å². The average molecular weight is 276 g/mol. The number of rotatable bonds is 4. The van der Waals surface area contributed by atoms with Crippen molar-refractivity contribution >= 4 is 11.7 Å². The van der Waals surface area contributed by atoms with Gasteiger partial charge in [-0.25, -0.2) is 9.78 Å². The lowest BCUT2D eigenvalue weighted by Gasteiger charge is -2.07. The fourth-order valence-corrected chi connectivity index (χ4v) is 1.94. The molecule has 0 aliphatic heterocycles. The summed E-state index contributed by atoms with van der Waals surface area (Å²) >= 11 is 0. The van der Waals surface area contributed by atoms with Crippen molar-refractivity contribution in [2.75, 3.05) is 0 Å². The maximum atomic E-state index is 11.0. The highest BCUT2D eigenvalue weighted by Gasteiger charge is 2.19. The van der Waals surface area contributed by atoms with E-state index in [-0.39, 0.29) is 17.9 Å². The Bertz CT molecular complexity index is 693. The lowest BCUT2D eigenvalue weighted by Crippen LogP contribution is -2.06. The second-order valence-corrected chi connectivity index (χ2v) is 4.36. The van der Waals surface area contributed by atoms with Gasteiger partial charge in [0.05, 0.1) is 29.1 Å². The third kappa shape index (κ3) is 2.48. The Kier molecular flexibility index (Phi) is 3.47. The first kappa shape index (κ1) is 13.7. The normalized spacial score (nSPS) is 10.5. The first-order valence-electron chi connectivity index (χ1n) is 5.74. The van der Waals surface area contributed by atoms with Gasteiger partial charge in [0.1, 0.15) is 0 Å². The van der Waals surface area contributed by atoms with Gasteiger partial charge in [0.15, 0.2) is 5.69 Å². The molecule has 20 heavy (non-hydrogen) atoms. The predicted molar refractivity (Wildman–Crippen MR) is 68.7 cm³/mol. The molecule has 0 aliphatic carbocycles. The molecular formula is C12H12N4O4. The van der Waals surface area contributed by atoms with E-state index in [4.69, 9.17) is 5.11 Å². The third-order valence-electron chi connectivity index (χ3n) is 2.94. The molecule has 8 nitrogen and oxygen atoms in total. The number of carboxylic acids is 1. The maximum Gasteiger partial charge on any atom is 0.356 e. The zero-order chi connectivity index (χ0) is 14.9. The monoisotopic (exact) mass is 276 g/mol. The van der Waals surface area contributed by atoms with Crippen molar-refractivity contribution in [2.24, 2.45) is 0 Å². The SMILES string of the molecule is Cc1cnc(Cn2cnc(C(=O)O)c2)c(C)c1[N+](=O)[O-]. The van der Waals surface area contributed by atoms with Gasteiger partial charge in [-0.15, -0.1) is 0 Å². The van der Waals surface area contributed by atoms with Crippen LogP contribution in [-0.2, 0) is 6.54 Å². The maximum absolute atomic E-state index is 11.0. The molecule has 2 heterocycles. The van der Waals surface area contributed by atoms with E-state index >= 15 is 0 Å². The van der Waals surface area contributed by atoms with Crippen molar-refractivity contribution in [1.82, 2.24) is 14.5 Å². The second-order valence-electron chi connectivity index (χ2n) is 4.36. The van der Waals surface area contributed by atoms with Crippen molar-refractivity contribution in [2.45, 2.75) is 20.4 Å². The highest BCUT2D eigenvalue weighted by Crippen LogP contribution is 2.24. The van der Waals surface area contributed by atoms with E-state index in [9.17, 15) is 14.9 Å². The minimum atomic E-state index is -1.12. The van der Waals surface area contributed by atoms with Gasteiger partial charge < -0.3 is 9.67 Å². The van der Waals surface area contributed by atoms with Crippen LogP contribution in [0.2, 0.25) is 0 Å². The molecule has 0 radical (unpaired) electrons. The standard InChI is InChI=1S/C12H12N4O4/c1-7-3-13-9(8(2)11(7)16(19)20)4-15-5-10(12(17)18)14-6-15/h3,5-6H,4H2,1-2H3,(H,17,18). The first-order chi connectivity index (χ1) is 9.40. The van der Waals surface area contributed by atoms with Gasteiger partial charge in [-0.3, -0.25) is 15.1 Å². The van der Waals surface area contributed by atoms with Crippen LogP contribution in [0.25, 0.3) is 0 Å². The molecule has 0 unspecified atom stereocenters. The molecule has 2 aromatic rings. The summed E-state index contributed by atoms with van der Waals surface area (Å²) in [6.45, 7) is 3.48. The van der Waals surface area contributed by atoms with Crippen molar-refractivity contribution in [3.05, 3.63) is 51.4 Å². The van der Waals surface area contributed by atoms with Crippen molar-refractivity contribution in [3.63, 3.8) is 0 Å². The zero-order valence-corrected chi connectivity index (χ0v) is 10.9. The highest BCUT2D eigenvalue weighted by atomic mass is 16.6. The van der Waals surface area contributed by atoms with Gasteiger partial charge in [0.25, 0.3) is 5.69 Å². The summed E-state index contributed by atoms with van der Waals surface area (Å²) in [6, 6.07) is 0. The molecule has 0 fully saturated rings. The Morgan fingerprint density at radius 3 is 2.70 bits per heavy atom. The molecule has 1 N–H and O–H groups in total. The Morgan fingerprint density at radius 2 is 2.15 bits per heavy atom. The second kappa shape index (κ2) is 5.08. The lowest BCUT2D eigenvalue weighted by atomic mass is 10.1. The quantitative estimate of drug-likeness (QED) is 0.669. The van der Waals surface area contributed by atoms with Gasteiger partial charge >= 0.3 is 5.97 Å². The molecule has 0 spiro atoms. The number of aromatic nitrogens is 3. The van der Waals surface area contributed by atoms with Crippen LogP contribution in [0.5, 0.6) is 0 Å². The Labute approximate surface area is 113 Å². The summed E-state index contributed by atoms with van der Waals surface area (Å²) < 4.78 is 1.53. The molecule has 0 atom stereocenters. The Hall–Kier alpha value is -2.77. The van der Waals surface area contributed by atoms with Crippen LogP contribution < -0.4 is 0 Å². The number of pyridine rings is 1. The molecule has 0 aliphatic rings. The minimum absolute atomic E-state index is 0.0357. The van der Waals surface area contributed by atoms with Crippen LogP contribution >= 0.6 is 0 Å². The number of carbonyl (C=O) groups is 1. The van der Waals surface area contributed by atoms with E-state index in [0.29, 0.717) is 16.8 Å². The number of imidazole rings is 1. The van der Waals surface area contributed by atoms with E-state index in [1.54, 1.807) is 13.8 Å². The molecule has 0 amide bonds.